The number of anilines is 1. The molecule has 0 unspecified atom stereocenters. The molecule has 0 aliphatic heterocycles. The van der Waals surface area contributed by atoms with Gasteiger partial charge in [0.05, 0.1) is 11.3 Å². The van der Waals surface area contributed by atoms with Gasteiger partial charge in [-0.25, -0.2) is 9.67 Å². The summed E-state index contributed by atoms with van der Waals surface area (Å²) >= 11 is 0. The second kappa shape index (κ2) is 5.10. The first-order valence-corrected chi connectivity index (χ1v) is 5.30. The van der Waals surface area contributed by atoms with Crippen molar-refractivity contribution in [1.82, 2.24) is 14.8 Å². The van der Waals surface area contributed by atoms with E-state index in [1.807, 2.05) is 0 Å². The highest BCUT2D eigenvalue weighted by atomic mass is 16.2. The number of hydrogen-bond donors (Lipinski definition) is 0. The molecule has 0 saturated heterocycles. The number of amides is 1. The molecule has 1 aromatic heterocycles. The lowest BCUT2D eigenvalue weighted by atomic mass is 10.2. The summed E-state index contributed by atoms with van der Waals surface area (Å²) in [5, 5.41) is 12.9. The van der Waals surface area contributed by atoms with Gasteiger partial charge in [-0.2, -0.15) is 10.4 Å². The predicted molar refractivity (Wildman–Crippen MR) is 64.6 cm³/mol. The van der Waals surface area contributed by atoms with Crippen molar-refractivity contribution in [2.24, 2.45) is 0 Å². The number of nitrogens with zero attached hydrogens (tertiary/aromatic N) is 5. The van der Waals surface area contributed by atoms with Crippen molar-refractivity contribution in [3.05, 3.63) is 42.5 Å². The summed E-state index contributed by atoms with van der Waals surface area (Å²) in [5.74, 6) is -0.164. The second-order valence-electron chi connectivity index (χ2n) is 3.67. The molecule has 0 atom stereocenters. The molecule has 90 valence electrons. The van der Waals surface area contributed by atoms with Gasteiger partial charge in [0.15, 0.2) is 0 Å². The fraction of sp³-hybridized carbons (Fsp3) is 0.167. The Morgan fingerprint density at radius 2 is 2.28 bits per heavy atom. The summed E-state index contributed by atoms with van der Waals surface area (Å²) in [4.78, 5) is 17.2. The highest BCUT2D eigenvalue weighted by molar-refractivity contribution is 5.93. The number of benzene rings is 1. The Hall–Kier alpha value is -2.68. The minimum Gasteiger partial charge on any atom is -0.313 e. The van der Waals surface area contributed by atoms with Gasteiger partial charge in [0, 0.05) is 7.05 Å². The number of aromatic nitrogens is 3. The van der Waals surface area contributed by atoms with Crippen molar-refractivity contribution in [2.75, 3.05) is 11.9 Å². The highest BCUT2D eigenvalue weighted by Crippen LogP contribution is 2.18. The maximum Gasteiger partial charge on any atom is 0.248 e. The molecule has 6 nitrogen and oxygen atoms in total. The van der Waals surface area contributed by atoms with Gasteiger partial charge in [-0.15, -0.1) is 0 Å². The molecule has 0 saturated carbocycles. The number of likely N-dealkylation sites (N-methyl/N-ethyl adjacent to an activating group) is 1. The average Bonchev–Trinajstić information content (AvgIpc) is 2.90. The van der Waals surface area contributed by atoms with Gasteiger partial charge in [0.2, 0.25) is 5.91 Å². The van der Waals surface area contributed by atoms with Crippen molar-refractivity contribution in [3.63, 3.8) is 0 Å². The zero-order valence-corrected chi connectivity index (χ0v) is 9.82. The molecule has 0 N–H and O–H groups in total. The summed E-state index contributed by atoms with van der Waals surface area (Å²) in [6, 6.07) is 9.02. The summed E-state index contributed by atoms with van der Waals surface area (Å²) in [6.45, 7) is 0.0935. The van der Waals surface area contributed by atoms with Crippen LogP contribution in [0.3, 0.4) is 0 Å². The topological polar surface area (TPSA) is 74.8 Å². The van der Waals surface area contributed by atoms with Crippen LogP contribution in [0, 0.1) is 11.3 Å². The molecule has 18 heavy (non-hydrogen) atoms. The maximum absolute atomic E-state index is 12.0. The van der Waals surface area contributed by atoms with Gasteiger partial charge in [-0.3, -0.25) is 4.79 Å². The summed E-state index contributed by atoms with van der Waals surface area (Å²) in [7, 11) is 1.63. The van der Waals surface area contributed by atoms with Gasteiger partial charge in [-0.1, -0.05) is 12.1 Å². The van der Waals surface area contributed by atoms with Crippen molar-refractivity contribution < 1.29 is 4.79 Å². The first-order valence-electron chi connectivity index (χ1n) is 5.30. The molecule has 2 aromatic rings. The molecule has 6 heteroatoms. The number of nitriles is 1. The van der Waals surface area contributed by atoms with E-state index >= 15 is 0 Å². The van der Waals surface area contributed by atoms with Gasteiger partial charge in [0.25, 0.3) is 0 Å². The highest BCUT2D eigenvalue weighted by Gasteiger charge is 2.14. The van der Waals surface area contributed by atoms with E-state index in [9.17, 15) is 4.79 Å². The van der Waals surface area contributed by atoms with Gasteiger partial charge >= 0.3 is 0 Å². The summed E-state index contributed by atoms with van der Waals surface area (Å²) in [5.41, 5.74) is 1.05. The largest absolute Gasteiger partial charge is 0.313 e. The average molecular weight is 241 g/mol. The van der Waals surface area contributed by atoms with Crippen LogP contribution in [0.1, 0.15) is 5.56 Å². The quantitative estimate of drug-likeness (QED) is 0.797. The van der Waals surface area contributed by atoms with E-state index < -0.39 is 0 Å². The molecular formula is C12H11N5O. The van der Waals surface area contributed by atoms with E-state index in [4.69, 9.17) is 5.26 Å². The Bertz CT molecular complexity index is 585. The van der Waals surface area contributed by atoms with Gasteiger partial charge in [-0.05, 0) is 12.1 Å². The van der Waals surface area contributed by atoms with E-state index in [1.54, 1.807) is 31.3 Å². The van der Waals surface area contributed by atoms with Crippen LogP contribution in [0.5, 0.6) is 0 Å². The number of carbonyl (C=O) groups is 1. The second-order valence-corrected chi connectivity index (χ2v) is 3.67. The molecule has 0 bridgehead atoms. The van der Waals surface area contributed by atoms with Crippen LogP contribution in [-0.2, 0) is 11.3 Å². The van der Waals surface area contributed by atoms with E-state index in [2.05, 4.69) is 16.2 Å². The monoisotopic (exact) mass is 241 g/mol. The Morgan fingerprint density at radius 1 is 1.50 bits per heavy atom. The number of carbonyl (C=O) groups excluding carboxylic acids is 1. The van der Waals surface area contributed by atoms with E-state index in [0.29, 0.717) is 11.3 Å². The fourth-order valence-corrected chi connectivity index (χ4v) is 1.55. The normalized spacial score (nSPS) is 9.78. The van der Waals surface area contributed by atoms with Crippen LogP contribution < -0.4 is 4.90 Å². The Kier molecular flexibility index (Phi) is 3.34. The van der Waals surface area contributed by atoms with Crippen LogP contribution in [0.4, 0.5) is 5.69 Å². The smallest absolute Gasteiger partial charge is 0.248 e. The van der Waals surface area contributed by atoms with Crippen molar-refractivity contribution in [1.29, 1.82) is 5.26 Å². The minimum atomic E-state index is -0.164. The third kappa shape index (κ3) is 2.35. The molecular weight excluding hydrogens is 230 g/mol. The van der Waals surface area contributed by atoms with Gasteiger partial charge in [0.1, 0.15) is 25.3 Å². The van der Waals surface area contributed by atoms with Crippen molar-refractivity contribution in [3.8, 4) is 6.07 Å². The van der Waals surface area contributed by atoms with E-state index in [0.717, 1.165) is 0 Å². The first kappa shape index (κ1) is 11.8. The van der Waals surface area contributed by atoms with Crippen LogP contribution >= 0.6 is 0 Å². The molecule has 0 fully saturated rings. The first-order chi connectivity index (χ1) is 8.72. The lowest BCUT2D eigenvalue weighted by Gasteiger charge is -2.18. The number of rotatable bonds is 3. The fourth-order valence-electron chi connectivity index (χ4n) is 1.55. The van der Waals surface area contributed by atoms with E-state index in [-0.39, 0.29) is 12.5 Å². The molecule has 0 radical (unpaired) electrons. The van der Waals surface area contributed by atoms with Crippen molar-refractivity contribution in [2.45, 2.75) is 6.54 Å². The van der Waals surface area contributed by atoms with Crippen LogP contribution in [0.25, 0.3) is 0 Å². The molecule has 0 aliphatic rings. The Morgan fingerprint density at radius 3 is 2.94 bits per heavy atom. The summed E-state index contributed by atoms with van der Waals surface area (Å²) < 4.78 is 1.44. The van der Waals surface area contributed by atoms with Gasteiger partial charge < -0.3 is 4.90 Å². The van der Waals surface area contributed by atoms with Crippen molar-refractivity contribution >= 4 is 11.6 Å². The summed E-state index contributed by atoms with van der Waals surface area (Å²) in [6.07, 6.45) is 2.85. The molecule has 1 heterocycles. The molecule has 1 amide bonds. The Labute approximate surface area is 104 Å². The molecule has 0 spiro atoms. The van der Waals surface area contributed by atoms with Crippen LogP contribution in [0.2, 0.25) is 0 Å². The molecule has 2 rings (SSSR count). The lowest BCUT2D eigenvalue weighted by molar-refractivity contribution is -0.119. The zero-order valence-electron chi connectivity index (χ0n) is 9.82. The standard InChI is InChI=1S/C12H11N5O/c1-16(11-5-3-2-4-10(11)6-13)12(18)7-17-9-14-8-15-17/h2-5,8-9H,7H2,1H3. The van der Waals surface area contributed by atoms with Crippen LogP contribution in [-0.4, -0.2) is 27.7 Å². The molecule has 0 aliphatic carbocycles. The minimum absolute atomic E-state index is 0.0935. The third-order valence-corrected chi connectivity index (χ3v) is 2.52. The number of hydrogen-bond acceptors (Lipinski definition) is 4. The molecule has 1 aromatic carbocycles. The Balaban J connectivity index is 2.18. The zero-order chi connectivity index (χ0) is 13.0. The maximum atomic E-state index is 12.0. The lowest BCUT2D eigenvalue weighted by Crippen LogP contribution is -2.30. The van der Waals surface area contributed by atoms with E-state index in [1.165, 1.54) is 22.2 Å². The predicted octanol–water partition coefficient (Wildman–Crippen LogP) is 0.813. The third-order valence-electron chi connectivity index (χ3n) is 2.52. The van der Waals surface area contributed by atoms with Crippen LogP contribution in [0.15, 0.2) is 36.9 Å². The number of para-hydroxylation sites is 1. The SMILES string of the molecule is CN(C(=O)Cn1cncn1)c1ccccc1C#N.